The minimum atomic E-state index is 0.497. The zero-order chi connectivity index (χ0) is 6.69. The van der Waals surface area contributed by atoms with Gasteiger partial charge in [-0.05, 0) is 26.2 Å². The predicted octanol–water partition coefficient (Wildman–Crippen LogP) is 1.70. The van der Waals surface area contributed by atoms with Gasteiger partial charge in [0.25, 0.3) is 0 Å². The molecule has 0 aromatic heterocycles. The second kappa shape index (κ2) is 2.72. The summed E-state index contributed by atoms with van der Waals surface area (Å²) in [7, 11) is 0. The normalized spacial score (nSPS) is 27.6. The quantitative estimate of drug-likeness (QED) is 0.446. The van der Waals surface area contributed by atoms with Crippen molar-refractivity contribution in [3.05, 3.63) is 11.5 Å². The van der Waals surface area contributed by atoms with Crippen LogP contribution in [0, 0.1) is 6.57 Å². The van der Waals surface area contributed by atoms with E-state index < -0.39 is 0 Å². The summed E-state index contributed by atoms with van der Waals surface area (Å²) in [6.07, 6.45) is 3.70. The first kappa shape index (κ1) is 6.41. The highest BCUT2D eigenvalue weighted by atomic mass is 15.4. The molecule has 1 saturated heterocycles. The molecule has 0 saturated carbocycles. The van der Waals surface area contributed by atoms with Crippen molar-refractivity contribution in [2.45, 2.75) is 32.2 Å². The third-order valence-corrected chi connectivity index (χ3v) is 1.90. The van der Waals surface area contributed by atoms with E-state index in [9.17, 15) is 0 Å². The Bertz CT molecular complexity index is 125. The van der Waals surface area contributed by atoms with Crippen molar-refractivity contribution in [2.24, 2.45) is 0 Å². The Morgan fingerprint density at radius 2 is 2.33 bits per heavy atom. The van der Waals surface area contributed by atoms with Gasteiger partial charge in [-0.2, -0.15) is 11.5 Å². The molecule has 0 bridgehead atoms. The van der Waals surface area contributed by atoms with Crippen LogP contribution < -0.4 is 0 Å². The van der Waals surface area contributed by atoms with Crippen molar-refractivity contribution in [3.63, 3.8) is 0 Å². The molecule has 9 heavy (non-hydrogen) atoms. The SMILES string of the molecule is [C-]#[N+]N1CCCCC1C. The van der Waals surface area contributed by atoms with Crippen LogP contribution in [0.5, 0.6) is 0 Å². The highest BCUT2D eigenvalue weighted by Gasteiger charge is 2.19. The molecule has 0 aliphatic carbocycles. The zero-order valence-electron chi connectivity index (χ0n) is 5.80. The van der Waals surface area contributed by atoms with E-state index in [0.717, 1.165) is 6.54 Å². The maximum absolute atomic E-state index is 6.78. The fourth-order valence-electron chi connectivity index (χ4n) is 1.23. The Balaban J connectivity index is 2.41. The van der Waals surface area contributed by atoms with Crippen molar-refractivity contribution >= 4 is 0 Å². The van der Waals surface area contributed by atoms with Gasteiger partial charge in [0.15, 0.2) is 0 Å². The van der Waals surface area contributed by atoms with Crippen LogP contribution in [0.3, 0.4) is 0 Å². The monoisotopic (exact) mass is 124 g/mol. The molecule has 0 spiro atoms. The third kappa shape index (κ3) is 1.35. The summed E-state index contributed by atoms with van der Waals surface area (Å²) in [5, 5.41) is 1.85. The maximum atomic E-state index is 6.78. The average Bonchev–Trinajstić information content (AvgIpc) is 1.89. The zero-order valence-corrected chi connectivity index (χ0v) is 5.80. The van der Waals surface area contributed by atoms with Crippen molar-refractivity contribution < 1.29 is 0 Å². The Morgan fingerprint density at radius 1 is 1.56 bits per heavy atom. The summed E-state index contributed by atoms with van der Waals surface area (Å²) in [4.78, 5) is 3.41. The highest BCUT2D eigenvalue weighted by molar-refractivity contribution is 4.74. The van der Waals surface area contributed by atoms with Gasteiger partial charge in [-0.3, -0.25) is 0 Å². The van der Waals surface area contributed by atoms with Crippen LogP contribution in [0.15, 0.2) is 0 Å². The highest BCUT2D eigenvalue weighted by Crippen LogP contribution is 2.15. The minimum absolute atomic E-state index is 0.497. The number of nitrogens with zero attached hydrogens (tertiary/aromatic N) is 2. The summed E-state index contributed by atoms with van der Waals surface area (Å²) in [6.45, 7) is 9.88. The van der Waals surface area contributed by atoms with Crippen LogP contribution >= 0.6 is 0 Å². The lowest BCUT2D eigenvalue weighted by molar-refractivity contribution is 0.225. The molecule has 1 atom stereocenters. The molecule has 50 valence electrons. The van der Waals surface area contributed by atoms with E-state index in [0.29, 0.717) is 6.04 Å². The Labute approximate surface area is 56.3 Å². The van der Waals surface area contributed by atoms with Gasteiger partial charge in [-0.25, -0.2) is 0 Å². The first-order chi connectivity index (χ1) is 4.34. The summed E-state index contributed by atoms with van der Waals surface area (Å²) in [5.74, 6) is 0. The van der Waals surface area contributed by atoms with Gasteiger partial charge < -0.3 is 0 Å². The van der Waals surface area contributed by atoms with E-state index in [-0.39, 0.29) is 0 Å². The molecule has 1 aliphatic heterocycles. The molecule has 0 radical (unpaired) electrons. The van der Waals surface area contributed by atoms with Gasteiger partial charge in [-0.15, -0.1) is 5.01 Å². The average molecular weight is 124 g/mol. The van der Waals surface area contributed by atoms with Gasteiger partial charge in [0.2, 0.25) is 0 Å². The van der Waals surface area contributed by atoms with Crippen LogP contribution in [0.1, 0.15) is 26.2 Å². The standard InChI is InChI=1S/C7H12N2/c1-7-5-3-4-6-9(7)8-2/h7H,3-6H2,1H3. The second-order valence-electron chi connectivity index (χ2n) is 2.61. The van der Waals surface area contributed by atoms with E-state index in [1.165, 1.54) is 19.3 Å². The maximum Gasteiger partial charge on any atom is 0.0940 e. The van der Waals surface area contributed by atoms with Crippen LogP contribution in [0.25, 0.3) is 4.95 Å². The fourth-order valence-corrected chi connectivity index (χ4v) is 1.23. The largest absolute Gasteiger partial charge is 0.184 e. The van der Waals surface area contributed by atoms with Gasteiger partial charge >= 0.3 is 0 Å². The van der Waals surface area contributed by atoms with Gasteiger partial charge in [-0.1, -0.05) is 0 Å². The lowest BCUT2D eigenvalue weighted by Gasteiger charge is -2.22. The van der Waals surface area contributed by atoms with Crippen LogP contribution in [0.2, 0.25) is 0 Å². The number of rotatable bonds is 0. The Morgan fingerprint density at radius 3 is 2.78 bits per heavy atom. The molecule has 0 aromatic rings. The summed E-state index contributed by atoms with van der Waals surface area (Å²) < 4.78 is 0. The predicted molar refractivity (Wildman–Crippen MR) is 36.6 cm³/mol. The second-order valence-corrected chi connectivity index (χ2v) is 2.61. The van der Waals surface area contributed by atoms with E-state index in [2.05, 4.69) is 11.9 Å². The van der Waals surface area contributed by atoms with E-state index in [4.69, 9.17) is 6.57 Å². The number of hydrogen-bond acceptors (Lipinski definition) is 1. The van der Waals surface area contributed by atoms with Gasteiger partial charge in [0, 0.05) is 0 Å². The van der Waals surface area contributed by atoms with Crippen molar-refractivity contribution in [3.8, 4) is 0 Å². The summed E-state index contributed by atoms with van der Waals surface area (Å²) in [5.41, 5.74) is 0. The number of hydrogen-bond donors (Lipinski definition) is 0. The smallest absolute Gasteiger partial charge is 0.0940 e. The van der Waals surface area contributed by atoms with Crippen molar-refractivity contribution in [1.29, 1.82) is 0 Å². The molecule has 1 unspecified atom stereocenters. The van der Waals surface area contributed by atoms with E-state index >= 15 is 0 Å². The molecule has 1 fully saturated rings. The summed E-state index contributed by atoms with van der Waals surface area (Å²) in [6, 6.07) is 0.497. The molecule has 2 heteroatoms. The van der Waals surface area contributed by atoms with Gasteiger partial charge in [0.05, 0.1) is 12.6 Å². The minimum Gasteiger partial charge on any atom is -0.184 e. The van der Waals surface area contributed by atoms with Crippen LogP contribution in [-0.4, -0.2) is 17.6 Å². The molecule has 0 N–H and O–H groups in total. The fraction of sp³-hybridized carbons (Fsp3) is 0.857. The molecular weight excluding hydrogens is 112 g/mol. The first-order valence-corrected chi connectivity index (χ1v) is 3.48. The Hall–Kier alpha value is -0.710. The molecule has 1 aliphatic rings. The summed E-state index contributed by atoms with van der Waals surface area (Å²) >= 11 is 0. The molecule has 0 amide bonds. The lowest BCUT2D eigenvalue weighted by atomic mass is 10.1. The van der Waals surface area contributed by atoms with E-state index in [1.807, 2.05) is 5.01 Å². The molecule has 1 heterocycles. The van der Waals surface area contributed by atoms with Crippen molar-refractivity contribution in [1.82, 2.24) is 5.01 Å². The Kier molecular flexibility index (Phi) is 1.94. The van der Waals surface area contributed by atoms with Crippen LogP contribution in [-0.2, 0) is 0 Å². The molecule has 1 rings (SSSR count). The van der Waals surface area contributed by atoms with E-state index in [1.54, 1.807) is 0 Å². The van der Waals surface area contributed by atoms with Gasteiger partial charge in [0.1, 0.15) is 0 Å². The molecular formula is C7H12N2. The lowest BCUT2D eigenvalue weighted by Crippen LogP contribution is -2.31. The van der Waals surface area contributed by atoms with Crippen LogP contribution in [0.4, 0.5) is 0 Å². The van der Waals surface area contributed by atoms with Crippen molar-refractivity contribution in [2.75, 3.05) is 6.54 Å². The molecule has 2 nitrogen and oxygen atoms in total. The topological polar surface area (TPSA) is 7.60 Å². The molecule has 0 aromatic carbocycles. The third-order valence-electron chi connectivity index (χ3n) is 1.90. The first-order valence-electron chi connectivity index (χ1n) is 3.48. The number of piperidine rings is 1.